The Bertz CT molecular complexity index is 737. The van der Waals surface area contributed by atoms with Crippen LogP contribution in [0.3, 0.4) is 0 Å². The molecule has 0 aliphatic carbocycles. The van der Waals surface area contributed by atoms with Crippen LogP contribution < -0.4 is 5.73 Å². The number of rotatable bonds is 4. The normalized spacial score (nSPS) is 12.1. The van der Waals surface area contributed by atoms with Gasteiger partial charge in [0, 0.05) is 16.2 Å². The summed E-state index contributed by atoms with van der Waals surface area (Å²) >= 11 is 6.53. The Morgan fingerprint density at radius 2 is 1.95 bits per heavy atom. The highest BCUT2D eigenvalue weighted by Crippen LogP contribution is 2.31. The molecular weight excluding hydrogens is 424 g/mol. The number of nitrogens with zero attached hydrogens (tertiary/aromatic N) is 1. The fourth-order valence-corrected chi connectivity index (χ4v) is 4.59. The van der Waals surface area contributed by atoms with E-state index in [2.05, 4.69) is 31.9 Å². The molecule has 1 atom stereocenters. The first-order valence-corrected chi connectivity index (χ1v) is 8.66. The van der Waals surface area contributed by atoms with Crippen LogP contribution >= 0.6 is 31.9 Å². The number of nitrogen functional groups attached to an aromatic ring is 1. The van der Waals surface area contributed by atoms with Gasteiger partial charge in [-0.1, -0.05) is 12.1 Å². The number of nitro groups is 1. The van der Waals surface area contributed by atoms with E-state index in [0.717, 1.165) is 0 Å². The van der Waals surface area contributed by atoms with Crippen molar-refractivity contribution < 1.29 is 9.13 Å². The summed E-state index contributed by atoms with van der Waals surface area (Å²) in [6, 6.07) is 9.71. The van der Waals surface area contributed by atoms with Crippen LogP contribution in [0.4, 0.5) is 11.4 Å². The third-order valence-electron chi connectivity index (χ3n) is 2.74. The van der Waals surface area contributed by atoms with Gasteiger partial charge < -0.3 is 5.73 Å². The summed E-state index contributed by atoms with van der Waals surface area (Å²) in [5.74, 6) is 0.171. The number of benzene rings is 2. The van der Waals surface area contributed by atoms with Gasteiger partial charge in [-0.05, 0) is 55.6 Å². The minimum atomic E-state index is -1.34. The number of nitro benzene ring substituents is 1. The maximum Gasteiger partial charge on any atom is 0.283 e. The Morgan fingerprint density at radius 3 is 2.57 bits per heavy atom. The van der Waals surface area contributed by atoms with Crippen molar-refractivity contribution >= 4 is 54.0 Å². The molecule has 0 aliphatic rings. The van der Waals surface area contributed by atoms with Crippen molar-refractivity contribution in [2.75, 3.05) is 5.73 Å². The first-order valence-electron chi connectivity index (χ1n) is 5.75. The van der Waals surface area contributed by atoms with Crippen molar-refractivity contribution in [3.05, 3.63) is 61.0 Å². The van der Waals surface area contributed by atoms with Crippen molar-refractivity contribution in [2.45, 2.75) is 10.6 Å². The van der Waals surface area contributed by atoms with Crippen LogP contribution in [0.1, 0.15) is 5.56 Å². The van der Waals surface area contributed by atoms with Gasteiger partial charge in [0.05, 0.1) is 30.8 Å². The zero-order chi connectivity index (χ0) is 15.6. The quantitative estimate of drug-likeness (QED) is 0.448. The lowest BCUT2D eigenvalue weighted by Crippen LogP contribution is -2.00. The molecule has 0 aromatic heterocycles. The molecule has 0 spiro atoms. The number of nitrogens with two attached hydrogens (primary N) is 1. The summed E-state index contributed by atoms with van der Waals surface area (Å²) in [6.07, 6.45) is 0. The minimum Gasteiger partial charge on any atom is -0.399 e. The molecule has 2 aromatic carbocycles. The van der Waals surface area contributed by atoms with Crippen LogP contribution in [-0.2, 0) is 16.6 Å². The fourth-order valence-electron chi connectivity index (χ4n) is 1.74. The largest absolute Gasteiger partial charge is 0.399 e. The zero-order valence-corrected chi connectivity index (χ0v) is 14.6. The molecule has 0 saturated carbocycles. The van der Waals surface area contributed by atoms with E-state index in [0.29, 0.717) is 25.1 Å². The number of hydrogen-bond acceptors (Lipinski definition) is 4. The Morgan fingerprint density at radius 1 is 1.24 bits per heavy atom. The van der Waals surface area contributed by atoms with Gasteiger partial charge in [0.1, 0.15) is 0 Å². The van der Waals surface area contributed by atoms with E-state index in [4.69, 9.17) is 5.73 Å². The lowest BCUT2D eigenvalue weighted by atomic mass is 10.2. The van der Waals surface area contributed by atoms with Crippen molar-refractivity contribution in [1.29, 1.82) is 0 Å². The monoisotopic (exact) mass is 432 g/mol. The van der Waals surface area contributed by atoms with Crippen LogP contribution in [0.25, 0.3) is 0 Å². The van der Waals surface area contributed by atoms with Crippen molar-refractivity contribution in [3.8, 4) is 0 Å². The topological polar surface area (TPSA) is 86.2 Å². The van der Waals surface area contributed by atoms with Gasteiger partial charge in [-0.25, -0.2) is 0 Å². The summed E-state index contributed by atoms with van der Waals surface area (Å²) in [6.45, 7) is 0. The molecule has 2 N–H and O–H groups in total. The minimum absolute atomic E-state index is 0.0409. The second-order valence-corrected chi connectivity index (χ2v) is 7.25. The third kappa shape index (κ3) is 3.69. The molecule has 2 rings (SSSR count). The van der Waals surface area contributed by atoms with Crippen LogP contribution in [0, 0.1) is 10.1 Å². The van der Waals surface area contributed by atoms with Gasteiger partial charge in [0.25, 0.3) is 5.69 Å². The highest BCUT2D eigenvalue weighted by molar-refractivity contribution is 9.11. The lowest BCUT2D eigenvalue weighted by Gasteiger charge is -2.07. The predicted molar refractivity (Wildman–Crippen MR) is 89.5 cm³/mol. The number of halogens is 2. The SMILES string of the molecule is Nc1ccc(S(=O)Cc2cccc([N+](=O)[O-])c2Br)c(Br)c1. The molecule has 5 nitrogen and oxygen atoms in total. The zero-order valence-electron chi connectivity index (χ0n) is 10.6. The fraction of sp³-hybridized carbons (Fsp3) is 0.0769. The van der Waals surface area contributed by atoms with E-state index in [1.807, 2.05) is 0 Å². The van der Waals surface area contributed by atoms with Crippen LogP contribution in [-0.4, -0.2) is 9.13 Å². The second-order valence-electron chi connectivity index (χ2n) is 4.19. The van der Waals surface area contributed by atoms with Gasteiger partial charge >= 0.3 is 0 Å². The molecule has 1 unspecified atom stereocenters. The predicted octanol–water partition coefficient (Wildman–Crippen LogP) is 4.01. The van der Waals surface area contributed by atoms with E-state index >= 15 is 0 Å². The van der Waals surface area contributed by atoms with Crippen LogP contribution in [0.5, 0.6) is 0 Å². The summed E-state index contributed by atoms with van der Waals surface area (Å²) in [4.78, 5) is 11.0. The van der Waals surface area contributed by atoms with E-state index in [1.165, 1.54) is 6.07 Å². The van der Waals surface area contributed by atoms with Gasteiger partial charge in [0.2, 0.25) is 0 Å². The third-order valence-corrected chi connectivity index (χ3v) is 6.00. The van der Waals surface area contributed by atoms with Crippen molar-refractivity contribution in [2.24, 2.45) is 0 Å². The van der Waals surface area contributed by atoms with Gasteiger partial charge in [-0.15, -0.1) is 0 Å². The summed E-state index contributed by atoms with van der Waals surface area (Å²) in [7, 11) is -1.34. The average molecular weight is 434 g/mol. The van der Waals surface area contributed by atoms with Crippen molar-refractivity contribution in [3.63, 3.8) is 0 Å². The highest BCUT2D eigenvalue weighted by atomic mass is 79.9. The first-order chi connectivity index (χ1) is 9.90. The maximum absolute atomic E-state index is 12.4. The molecule has 0 bridgehead atoms. The molecule has 0 saturated heterocycles. The number of anilines is 1. The summed E-state index contributed by atoms with van der Waals surface area (Å²) in [5.41, 5.74) is 6.79. The Labute approximate surface area is 140 Å². The summed E-state index contributed by atoms with van der Waals surface area (Å²) < 4.78 is 13.4. The Balaban J connectivity index is 2.32. The Hall–Kier alpha value is -1.25. The van der Waals surface area contributed by atoms with Crippen molar-refractivity contribution in [1.82, 2.24) is 0 Å². The molecule has 2 aromatic rings. The molecule has 0 amide bonds. The molecule has 0 heterocycles. The van der Waals surface area contributed by atoms with E-state index in [1.54, 1.807) is 30.3 Å². The van der Waals surface area contributed by atoms with Crippen LogP contribution in [0.15, 0.2) is 50.2 Å². The average Bonchev–Trinajstić information content (AvgIpc) is 2.40. The second kappa shape index (κ2) is 6.67. The van der Waals surface area contributed by atoms with Gasteiger partial charge in [-0.3, -0.25) is 14.3 Å². The molecule has 0 aliphatic heterocycles. The van der Waals surface area contributed by atoms with Gasteiger partial charge in [0.15, 0.2) is 0 Å². The lowest BCUT2D eigenvalue weighted by molar-refractivity contribution is -0.385. The standard InChI is InChI=1S/C13H10Br2N2O3S/c14-10-6-9(16)4-5-12(10)21(20)7-8-2-1-3-11(13(8)15)17(18)19/h1-6H,7,16H2. The Kier molecular flexibility index (Phi) is 5.13. The molecule has 110 valence electrons. The van der Waals surface area contributed by atoms with E-state index in [9.17, 15) is 14.3 Å². The summed E-state index contributed by atoms with van der Waals surface area (Å²) in [5, 5.41) is 10.9. The van der Waals surface area contributed by atoms with Gasteiger partial charge in [-0.2, -0.15) is 0 Å². The van der Waals surface area contributed by atoms with Crippen LogP contribution in [0.2, 0.25) is 0 Å². The maximum atomic E-state index is 12.4. The van der Waals surface area contributed by atoms with E-state index < -0.39 is 15.7 Å². The molecule has 0 radical (unpaired) electrons. The molecular formula is C13H10Br2N2O3S. The molecule has 21 heavy (non-hydrogen) atoms. The number of hydrogen-bond donors (Lipinski definition) is 1. The molecule has 0 fully saturated rings. The smallest absolute Gasteiger partial charge is 0.283 e. The molecule has 8 heteroatoms. The first kappa shape index (κ1) is 16.1. The van der Waals surface area contributed by atoms with E-state index in [-0.39, 0.29) is 11.4 Å². The highest BCUT2D eigenvalue weighted by Gasteiger charge is 2.17.